The summed E-state index contributed by atoms with van der Waals surface area (Å²) in [7, 11) is 1.14. The van der Waals surface area contributed by atoms with Gasteiger partial charge in [0.25, 0.3) is 7.82 Å². The number of phosphoric acid groups is 1. The molecule has 3 unspecified atom stereocenters. The Balaban J connectivity index is 5.25. The van der Waals surface area contributed by atoms with E-state index in [1.807, 2.05) is 39.4 Å². The van der Waals surface area contributed by atoms with E-state index in [-0.39, 0.29) is 31.3 Å². The Bertz CT molecular complexity index is 1720. The minimum Gasteiger partial charge on any atom is -0.756 e. The van der Waals surface area contributed by atoms with E-state index in [2.05, 4.69) is 129 Å². The number of hydrogen-bond donors (Lipinski definition) is 1. The van der Waals surface area contributed by atoms with Crippen molar-refractivity contribution in [2.75, 3.05) is 40.9 Å². The number of quaternary nitrogens is 1. The zero-order valence-electron chi connectivity index (χ0n) is 49.4. The molecule has 9 nitrogen and oxygen atoms in total. The molecule has 0 bridgehead atoms. The van der Waals surface area contributed by atoms with Crippen LogP contribution < -0.4 is 10.2 Å². The first-order chi connectivity index (χ1) is 36.9. The van der Waals surface area contributed by atoms with Gasteiger partial charge in [-0.1, -0.05) is 239 Å². The molecule has 0 aliphatic rings. The molecule has 0 saturated heterocycles. The van der Waals surface area contributed by atoms with Gasteiger partial charge in [-0.25, -0.2) is 0 Å². The highest BCUT2D eigenvalue weighted by atomic mass is 31.2. The van der Waals surface area contributed by atoms with Gasteiger partial charge in [-0.2, -0.15) is 0 Å². The van der Waals surface area contributed by atoms with Crippen LogP contribution in [0, 0.1) is 0 Å². The smallest absolute Gasteiger partial charge is 0.306 e. The number of nitrogens with one attached hydrogen (secondary N) is 1. The van der Waals surface area contributed by atoms with Crippen LogP contribution in [0.2, 0.25) is 0 Å². The minimum atomic E-state index is -4.71. The van der Waals surface area contributed by atoms with Gasteiger partial charge in [0, 0.05) is 12.8 Å². The quantitative estimate of drug-likeness (QED) is 0.0161. The number of phosphoric ester groups is 1. The number of ether oxygens (including phenoxy) is 1. The van der Waals surface area contributed by atoms with Crippen LogP contribution in [0.15, 0.2) is 122 Å². The Morgan fingerprint density at radius 2 is 0.908 bits per heavy atom. The number of allylic oxidation sites excluding steroid dienone is 19. The first-order valence-corrected chi connectivity index (χ1v) is 31.8. The molecule has 0 aromatic rings. The fraction of sp³-hybridized carbons (Fsp3) is 0.667. The fourth-order valence-electron chi connectivity index (χ4n) is 8.05. The van der Waals surface area contributed by atoms with Crippen molar-refractivity contribution in [3.05, 3.63) is 122 Å². The molecular weight excluding hydrogens is 964 g/mol. The average molecular weight is 1080 g/mol. The first kappa shape index (κ1) is 72.4. The number of esters is 1. The molecule has 434 valence electrons. The van der Waals surface area contributed by atoms with Crippen molar-refractivity contribution in [3.63, 3.8) is 0 Å². The molecule has 0 spiro atoms. The van der Waals surface area contributed by atoms with Crippen molar-refractivity contribution in [2.24, 2.45) is 0 Å². The van der Waals surface area contributed by atoms with E-state index in [4.69, 9.17) is 13.8 Å². The van der Waals surface area contributed by atoms with E-state index >= 15 is 0 Å². The van der Waals surface area contributed by atoms with E-state index in [1.54, 1.807) is 0 Å². The molecule has 3 atom stereocenters. The Kier molecular flexibility index (Phi) is 52.2. The maximum absolute atomic E-state index is 13.5. The molecule has 0 aromatic carbocycles. The molecule has 0 heterocycles. The lowest BCUT2D eigenvalue weighted by molar-refractivity contribution is -0.870. The van der Waals surface area contributed by atoms with Crippen LogP contribution in [-0.4, -0.2) is 69.4 Å². The van der Waals surface area contributed by atoms with E-state index < -0.39 is 26.6 Å². The summed E-state index contributed by atoms with van der Waals surface area (Å²) < 4.78 is 30.2. The topological polar surface area (TPSA) is 114 Å². The second-order valence-corrected chi connectivity index (χ2v) is 22.6. The summed E-state index contributed by atoms with van der Waals surface area (Å²) in [5.41, 5.74) is 0. The van der Waals surface area contributed by atoms with Crippen LogP contribution in [0.1, 0.15) is 233 Å². The molecule has 0 radical (unpaired) electrons. The molecule has 0 aliphatic heterocycles. The largest absolute Gasteiger partial charge is 0.756 e. The summed E-state index contributed by atoms with van der Waals surface area (Å²) in [6.07, 6.45) is 76.0. The molecular formula is C66H113N2O7P. The van der Waals surface area contributed by atoms with E-state index in [0.717, 1.165) is 135 Å². The van der Waals surface area contributed by atoms with Gasteiger partial charge in [0.15, 0.2) is 0 Å². The van der Waals surface area contributed by atoms with Crippen LogP contribution in [0.5, 0.6) is 0 Å². The lowest BCUT2D eigenvalue weighted by Gasteiger charge is -2.30. The molecule has 0 aliphatic carbocycles. The zero-order chi connectivity index (χ0) is 55.7. The highest BCUT2D eigenvalue weighted by molar-refractivity contribution is 7.45. The number of unbranched alkanes of at least 4 members (excludes halogenated alkanes) is 21. The van der Waals surface area contributed by atoms with Gasteiger partial charge >= 0.3 is 5.97 Å². The standard InChI is InChI=1S/C66H113N2O7P/c1-7-10-13-16-19-22-25-28-29-30-31-32-33-34-35-36-37-38-39-41-44-47-50-53-56-59-66(70)75-64(57-54-51-48-45-42-27-24-21-18-15-12-9-3)63(62-74-76(71,72)73-61-60-68(4,5)6)67-65(69)58-55-52-49-46-43-40-26-23-20-17-14-11-8-2/h10-11,13-14,17,19-20,22-23,26,28-29,31-32,34-35,37-38,54,57,63-64H,7-9,12,15-16,18,21,24-25,27,30,33,36,39-53,55-56,58-62H2,1-6H3,(H-,67,69,71,72)/b13-10-,14-11+,20-17+,22-19-,26-23-,29-28-,32-31-,35-34-,38-37-,57-54-. The van der Waals surface area contributed by atoms with Gasteiger partial charge in [-0.05, 0) is 102 Å². The third-order valence-electron chi connectivity index (χ3n) is 12.7. The van der Waals surface area contributed by atoms with Crippen molar-refractivity contribution < 1.29 is 37.3 Å². The highest BCUT2D eigenvalue weighted by Crippen LogP contribution is 2.38. The summed E-state index contributed by atoms with van der Waals surface area (Å²) in [5.74, 6) is -0.591. The minimum absolute atomic E-state index is 0.0358. The molecule has 0 aromatic heterocycles. The average Bonchev–Trinajstić information content (AvgIpc) is 3.38. The van der Waals surface area contributed by atoms with Crippen LogP contribution in [0.3, 0.4) is 0 Å². The first-order valence-electron chi connectivity index (χ1n) is 30.4. The predicted molar refractivity (Wildman–Crippen MR) is 325 cm³/mol. The van der Waals surface area contributed by atoms with Gasteiger partial charge in [-0.15, -0.1) is 0 Å². The monoisotopic (exact) mass is 1080 g/mol. The molecule has 0 rings (SSSR count). The van der Waals surface area contributed by atoms with E-state index in [0.29, 0.717) is 23.9 Å². The number of likely N-dealkylation sites (N-methyl/N-ethyl adjacent to an activating group) is 1. The molecule has 76 heavy (non-hydrogen) atoms. The van der Waals surface area contributed by atoms with Crippen LogP contribution in [0.4, 0.5) is 0 Å². The molecule has 1 amide bonds. The summed E-state index contributed by atoms with van der Waals surface area (Å²) in [4.78, 5) is 39.9. The van der Waals surface area contributed by atoms with E-state index in [1.165, 1.54) is 51.4 Å². The van der Waals surface area contributed by atoms with Gasteiger partial charge in [0.05, 0.1) is 33.8 Å². The lowest BCUT2D eigenvalue weighted by atomic mass is 10.0. The number of amides is 1. The Morgan fingerprint density at radius 3 is 1.41 bits per heavy atom. The van der Waals surface area contributed by atoms with Crippen molar-refractivity contribution >= 4 is 19.7 Å². The second-order valence-electron chi connectivity index (χ2n) is 21.1. The summed E-state index contributed by atoms with van der Waals surface area (Å²) in [6, 6.07) is -0.913. The zero-order valence-corrected chi connectivity index (χ0v) is 50.3. The Labute approximate surface area is 467 Å². The predicted octanol–water partition coefficient (Wildman–Crippen LogP) is 18.1. The molecule has 10 heteroatoms. The number of rotatable bonds is 53. The third-order valence-corrected chi connectivity index (χ3v) is 13.7. The Hall–Kier alpha value is -3.59. The number of nitrogens with zero attached hydrogens (tertiary/aromatic N) is 1. The second kappa shape index (κ2) is 54.8. The van der Waals surface area contributed by atoms with Gasteiger partial charge < -0.3 is 28.5 Å². The van der Waals surface area contributed by atoms with Crippen molar-refractivity contribution in [2.45, 2.75) is 245 Å². The maximum Gasteiger partial charge on any atom is 0.306 e. The maximum atomic E-state index is 13.5. The Morgan fingerprint density at radius 1 is 0.487 bits per heavy atom. The SMILES string of the molecule is CC/C=C\C/C=C\C/C=C\C/C=C\C/C=C\C/C=C\CCCCCCCCC(=O)OC(/C=C\CCCCCCCCCCCC)C(COP(=O)([O-])OCC[N+](C)(C)C)NC(=O)CCCCCCC\C=C/C=C/C=C/CC. The lowest BCUT2D eigenvalue weighted by Crippen LogP contribution is -2.47. The van der Waals surface area contributed by atoms with Crippen LogP contribution in [0.25, 0.3) is 0 Å². The van der Waals surface area contributed by atoms with Crippen molar-refractivity contribution in [1.82, 2.24) is 5.32 Å². The van der Waals surface area contributed by atoms with Crippen molar-refractivity contribution in [3.8, 4) is 0 Å². The molecule has 1 N–H and O–H groups in total. The number of carbonyl (C=O) groups is 2. The van der Waals surface area contributed by atoms with Crippen LogP contribution >= 0.6 is 7.82 Å². The van der Waals surface area contributed by atoms with Gasteiger partial charge in [0.1, 0.15) is 19.3 Å². The fourth-order valence-corrected chi connectivity index (χ4v) is 8.78. The van der Waals surface area contributed by atoms with E-state index in [9.17, 15) is 19.0 Å². The number of carbonyl (C=O) groups excluding carboxylic acids is 2. The highest BCUT2D eigenvalue weighted by Gasteiger charge is 2.27. The molecule has 0 saturated carbocycles. The normalized spacial score (nSPS) is 14.6. The third kappa shape index (κ3) is 55.2. The van der Waals surface area contributed by atoms with Crippen molar-refractivity contribution in [1.29, 1.82) is 0 Å². The number of hydrogen-bond acceptors (Lipinski definition) is 7. The van der Waals surface area contributed by atoms with Crippen LogP contribution in [-0.2, 0) is 27.9 Å². The summed E-state index contributed by atoms with van der Waals surface area (Å²) in [6.45, 7) is 6.54. The summed E-state index contributed by atoms with van der Waals surface area (Å²) in [5, 5.41) is 3.00. The van der Waals surface area contributed by atoms with Gasteiger partial charge in [-0.3, -0.25) is 14.2 Å². The van der Waals surface area contributed by atoms with Gasteiger partial charge in [0.2, 0.25) is 5.91 Å². The summed E-state index contributed by atoms with van der Waals surface area (Å²) >= 11 is 0. The molecule has 0 fully saturated rings.